The molecule has 4 unspecified atom stereocenters. The second-order valence-electron chi connectivity index (χ2n) is 7.60. The first-order valence-electron chi connectivity index (χ1n) is 9.75. The van der Waals surface area contributed by atoms with Crippen LogP contribution >= 0.6 is 11.3 Å². The van der Waals surface area contributed by atoms with Gasteiger partial charge in [0.1, 0.15) is 0 Å². The molecule has 28 heavy (non-hydrogen) atoms. The number of anilines is 1. The average Bonchev–Trinajstić information content (AvgIpc) is 3.31. The lowest BCUT2D eigenvalue weighted by molar-refractivity contribution is -0.119. The minimum atomic E-state index is -0.185. The molecule has 0 bridgehead atoms. The van der Waals surface area contributed by atoms with Gasteiger partial charge in [-0.3, -0.25) is 15.1 Å². The fourth-order valence-corrected chi connectivity index (χ4v) is 4.70. The van der Waals surface area contributed by atoms with Gasteiger partial charge in [0.25, 0.3) is 0 Å². The number of nitrogens with zero attached hydrogens (tertiary/aromatic N) is 2. The molecule has 8 heteroatoms. The van der Waals surface area contributed by atoms with Gasteiger partial charge in [-0.15, -0.1) is 11.3 Å². The number of hydrogen-bond acceptors (Lipinski definition) is 7. The first-order valence-corrected chi connectivity index (χ1v) is 10.6. The molecule has 4 atom stereocenters. The molecule has 0 spiro atoms. The third-order valence-corrected chi connectivity index (χ3v) is 5.95. The van der Waals surface area contributed by atoms with Crippen LogP contribution in [0.1, 0.15) is 31.1 Å². The molecule has 150 valence electrons. The summed E-state index contributed by atoms with van der Waals surface area (Å²) in [6, 6.07) is 9.99. The van der Waals surface area contributed by atoms with Crippen LogP contribution in [-0.2, 0) is 16.1 Å². The van der Waals surface area contributed by atoms with E-state index in [1.54, 1.807) is 0 Å². The molecule has 7 nitrogen and oxygen atoms in total. The summed E-state index contributed by atoms with van der Waals surface area (Å²) in [6.07, 6.45) is 0.470. The van der Waals surface area contributed by atoms with E-state index in [0.717, 1.165) is 30.9 Å². The number of amides is 1. The summed E-state index contributed by atoms with van der Waals surface area (Å²) in [4.78, 5) is 19.8. The summed E-state index contributed by atoms with van der Waals surface area (Å²) in [6.45, 7) is 7.38. The van der Waals surface area contributed by atoms with Crippen molar-refractivity contribution in [3.63, 3.8) is 0 Å². The molecular weight excluding hydrogens is 374 g/mol. The number of ether oxygens (including phenoxy) is 1. The van der Waals surface area contributed by atoms with Crippen molar-refractivity contribution >= 4 is 22.4 Å². The molecule has 1 amide bonds. The smallest absolute Gasteiger partial charge is 0.232 e. The fourth-order valence-electron chi connectivity index (χ4n) is 4.00. The van der Waals surface area contributed by atoms with Crippen molar-refractivity contribution in [1.82, 2.24) is 20.7 Å². The Morgan fingerprint density at radius 1 is 1.29 bits per heavy atom. The maximum absolute atomic E-state index is 12.8. The quantitative estimate of drug-likeness (QED) is 0.713. The van der Waals surface area contributed by atoms with Gasteiger partial charge < -0.3 is 10.1 Å². The predicted molar refractivity (Wildman–Crippen MR) is 110 cm³/mol. The summed E-state index contributed by atoms with van der Waals surface area (Å²) in [5.41, 5.74) is 8.41. The molecule has 1 aromatic carbocycles. The monoisotopic (exact) mass is 401 g/mol. The molecule has 2 aromatic rings. The number of carbonyl (C=O) groups excluding carboxylic acids is 1. The van der Waals surface area contributed by atoms with E-state index in [0.29, 0.717) is 11.7 Å². The molecule has 2 aliphatic heterocycles. The van der Waals surface area contributed by atoms with Crippen LogP contribution in [0.2, 0.25) is 0 Å². The zero-order chi connectivity index (χ0) is 19.5. The number of thiazole rings is 1. The molecule has 1 aromatic heterocycles. The Balaban J connectivity index is 1.36. The van der Waals surface area contributed by atoms with E-state index in [2.05, 4.69) is 39.9 Å². The zero-order valence-corrected chi connectivity index (χ0v) is 17.0. The van der Waals surface area contributed by atoms with Crippen molar-refractivity contribution in [3.8, 4) is 0 Å². The van der Waals surface area contributed by atoms with E-state index < -0.39 is 0 Å². The van der Waals surface area contributed by atoms with Crippen molar-refractivity contribution in [3.05, 3.63) is 47.0 Å². The van der Waals surface area contributed by atoms with Gasteiger partial charge in [0.2, 0.25) is 5.91 Å². The van der Waals surface area contributed by atoms with Gasteiger partial charge in [-0.05, 0) is 19.4 Å². The number of morpholine rings is 1. The van der Waals surface area contributed by atoms with Gasteiger partial charge >= 0.3 is 0 Å². The molecule has 3 heterocycles. The summed E-state index contributed by atoms with van der Waals surface area (Å²) in [5, 5.41) is 5.69. The number of aromatic nitrogens is 1. The molecule has 2 aliphatic rings. The second-order valence-corrected chi connectivity index (χ2v) is 8.46. The standard InChI is InChI=1S/C20H27N5O2S/c1-13-9-25(10-14(2)27-13)11-16-12-28-20(22-16)23-19(26)17-8-21-24-18(17)15-6-4-3-5-7-15/h3-7,12-14,17-18,21,24H,8-11H2,1-2H3,(H,22,23,26). The highest BCUT2D eigenvalue weighted by atomic mass is 32.1. The van der Waals surface area contributed by atoms with Gasteiger partial charge in [-0.2, -0.15) is 0 Å². The van der Waals surface area contributed by atoms with Gasteiger partial charge in [0.05, 0.1) is 29.9 Å². The van der Waals surface area contributed by atoms with Crippen molar-refractivity contribution in [2.75, 3.05) is 25.0 Å². The van der Waals surface area contributed by atoms with Crippen LogP contribution < -0.4 is 16.2 Å². The Hall–Kier alpha value is -1.84. The lowest BCUT2D eigenvalue weighted by atomic mass is 9.94. The van der Waals surface area contributed by atoms with E-state index in [1.165, 1.54) is 11.3 Å². The number of benzene rings is 1. The van der Waals surface area contributed by atoms with Crippen LogP contribution in [0.15, 0.2) is 35.7 Å². The second kappa shape index (κ2) is 8.67. The lowest BCUT2D eigenvalue weighted by Gasteiger charge is -2.34. The summed E-state index contributed by atoms with van der Waals surface area (Å²) in [5.74, 6) is -0.198. The Morgan fingerprint density at radius 2 is 2.04 bits per heavy atom. The highest BCUT2D eigenvalue weighted by Gasteiger charge is 2.34. The minimum Gasteiger partial charge on any atom is -0.373 e. The van der Waals surface area contributed by atoms with Crippen LogP contribution in [0.4, 0.5) is 5.13 Å². The fraction of sp³-hybridized carbons (Fsp3) is 0.500. The normalized spacial score (nSPS) is 28.4. The summed E-state index contributed by atoms with van der Waals surface area (Å²) in [7, 11) is 0. The van der Waals surface area contributed by atoms with Crippen molar-refractivity contribution in [2.24, 2.45) is 5.92 Å². The maximum atomic E-state index is 12.8. The number of rotatable bonds is 5. The molecule has 2 saturated heterocycles. The van der Waals surface area contributed by atoms with Crippen molar-refractivity contribution < 1.29 is 9.53 Å². The Bertz CT molecular complexity index is 789. The summed E-state index contributed by atoms with van der Waals surface area (Å²) < 4.78 is 5.79. The Morgan fingerprint density at radius 3 is 2.79 bits per heavy atom. The number of hydrazine groups is 1. The molecule has 0 aliphatic carbocycles. The summed E-state index contributed by atoms with van der Waals surface area (Å²) >= 11 is 1.48. The molecule has 0 saturated carbocycles. The number of carbonyl (C=O) groups is 1. The highest BCUT2D eigenvalue weighted by Crippen LogP contribution is 2.27. The van der Waals surface area contributed by atoms with Crippen LogP contribution in [0.5, 0.6) is 0 Å². The average molecular weight is 402 g/mol. The van der Waals surface area contributed by atoms with Crippen molar-refractivity contribution in [1.29, 1.82) is 0 Å². The molecule has 2 fully saturated rings. The van der Waals surface area contributed by atoms with Gasteiger partial charge in [-0.1, -0.05) is 30.3 Å². The molecular formula is C20H27N5O2S. The van der Waals surface area contributed by atoms with E-state index >= 15 is 0 Å². The van der Waals surface area contributed by atoms with E-state index in [9.17, 15) is 4.79 Å². The molecule has 4 rings (SSSR count). The third-order valence-electron chi connectivity index (χ3n) is 5.14. The van der Waals surface area contributed by atoms with Gasteiger partial charge in [0, 0.05) is 31.6 Å². The van der Waals surface area contributed by atoms with Crippen LogP contribution in [-0.4, -0.2) is 47.6 Å². The third kappa shape index (κ3) is 4.59. The van der Waals surface area contributed by atoms with E-state index in [-0.39, 0.29) is 30.1 Å². The lowest BCUT2D eigenvalue weighted by Crippen LogP contribution is -2.44. The van der Waals surface area contributed by atoms with Gasteiger partial charge in [-0.25, -0.2) is 10.4 Å². The molecule has 0 radical (unpaired) electrons. The van der Waals surface area contributed by atoms with E-state index in [1.807, 2.05) is 35.7 Å². The first-order chi connectivity index (χ1) is 13.6. The highest BCUT2D eigenvalue weighted by molar-refractivity contribution is 7.13. The van der Waals surface area contributed by atoms with Crippen LogP contribution in [0, 0.1) is 5.92 Å². The maximum Gasteiger partial charge on any atom is 0.232 e. The van der Waals surface area contributed by atoms with Crippen LogP contribution in [0.25, 0.3) is 0 Å². The topological polar surface area (TPSA) is 78.5 Å². The van der Waals surface area contributed by atoms with Crippen LogP contribution in [0.3, 0.4) is 0 Å². The van der Waals surface area contributed by atoms with Gasteiger partial charge in [0.15, 0.2) is 5.13 Å². The SMILES string of the molecule is CC1CN(Cc2csc(NC(=O)C3CNNC3c3ccccc3)n2)CC(C)O1. The zero-order valence-electron chi connectivity index (χ0n) is 16.2. The van der Waals surface area contributed by atoms with Crippen molar-refractivity contribution in [2.45, 2.75) is 38.6 Å². The Labute approximate surface area is 169 Å². The van der Waals surface area contributed by atoms with E-state index in [4.69, 9.17) is 4.74 Å². The number of nitrogens with one attached hydrogen (secondary N) is 3. The predicted octanol–water partition coefficient (Wildman–Crippen LogP) is 2.16. The largest absolute Gasteiger partial charge is 0.373 e. The first kappa shape index (κ1) is 19.5. The minimum absolute atomic E-state index is 0.0131. The molecule has 3 N–H and O–H groups in total. The number of hydrogen-bond donors (Lipinski definition) is 3. The Kier molecular flexibility index (Phi) is 6.03.